The first-order valence-corrected chi connectivity index (χ1v) is 8.27. The van der Waals surface area contributed by atoms with Crippen molar-refractivity contribution in [3.8, 4) is 0 Å². The second-order valence-electron chi connectivity index (χ2n) is 6.27. The van der Waals surface area contributed by atoms with E-state index >= 15 is 0 Å². The minimum atomic E-state index is 0.625. The van der Waals surface area contributed by atoms with Gasteiger partial charge in [-0.25, -0.2) is 4.98 Å². The van der Waals surface area contributed by atoms with Crippen LogP contribution in [0.2, 0.25) is 0 Å². The van der Waals surface area contributed by atoms with Crippen molar-refractivity contribution in [2.75, 3.05) is 6.54 Å². The smallest absolute Gasteiger partial charge is 0.109 e. The predicted molar refractivity (Wildman–Crippen MR) is 90.6 cm³/mol. The fourth-order valence-corrected chi connectivity index (χ4v) is 2.90. The highest BCUT2D eigenvalue weighted by atomic mass is 15.1. The minimum absolute atomic E-state index is 0.625. The third-order valence-corrected chi connectivity index (χ3v) is 4.26. The molecule has 0 spiro atoms. The predicted octanol–water partition coefficient (Wildman–Crippen LogP) is 3.92. The Balaban J connectivity index is 1.93. The van der Waals surface area contributed by atoms with Gasteiger partial charge in [-0.05, 0) is 43.9 Å². The van der Waals surface area contributed by atoms with Gasteiger partial charge in [0, 0.05) is 19.5 Å². The fraction of sp³-hybridized carbons (Fsp3) is 0.611. The quantitative estimate of drug-likeness (QED) is 0.797. The molecule has 21 heavy (non-hydrogen) atoms. The highest BCUT2D eigenvalue weighted by molar-refractivity contribution is 5.75. The molecule has 0 bridgehead atoms. The van der Waals surface area contributed by atoms with Crippen LogP contribution >= 0.6 is 0 Å². The zero-order chi connectivity index (χ0) is 15.2. The van der Waals surface area contributed by atoms with E-state index in [-0.39, 0.29) is 0 Å². The number of hydrogen-bond donors (Lipinski definition) is 1. The maximum atomic E-state index is 4.76. The first kappa shape index (κ1) is 16.0. The van der Waals surface area contributed by atoms with Crippen molar-refractivity contribution in [2.45, 2.75) is 52.5 Å². The van der Waals surface area contributed by atoms with Crippen molar-refractivity contribution >= 4 is 11.0 Å². The molecule has 0 aliphatic heterocycles. The number of imidazole rings is 1. The van der Waals surface area contributed by atoms with Crippen LogP contribution in [0.15, 0.2) is 24.3 Å². The van der Waals surface area contributed by atoms with Gasteiger partial charge in [-0.3, -0.25) is 0 Å². The summed E-state index contributed by atoms with van der Waals surface area (Å²) in [6.07, 6.45) is 4.67. The molecule has 3 heteroatoms. The van der Waals surface area contributed by atoms with E-state index in [0.29, 0.717) is 12.0 Å². The molecule has 0 aliphatic rings. The number of hydrogen-bond acceptors (Lipinski definition) is 2. The van der Waals surface area contributed by atoms with Crippen molar-refractivity contribution in [3.05, 3.63) is 30.1 Å². The number of rotatable bonds is 8. The Morgan fingerprint density at radius 1 is 1.24 bits per heavy atom. The molecule has 1 N–H and O–H groups in total. The van der Waals surface area contributed by atoms with E-state index < -0.39 is 0 Å². The van der Waals surface area contributed by atoms with Crippen LogP contribution in [-0.4, -0.2) is 22.1 Å². The summed E-state index contributed by atoms with van der Waals surface area (Å²) in [6, 6.07) is 9.00. The molecule has 1 aromatic heterocycles. The molecule has 1 aromatic carbocycles. The van der Waals surface area contributed by atoms with E-state index in [1.807, 2.05) is 0 Å². The molecule has 1 heterocycles. The Kier molecular flexibility index (Phi) is 5.80. The minimum Gasteiger partial charge on any atom is -0.331 e. The lowest BCUT2D eigenvalue weighted by molar-refractivity contribution is 0.369. The molecule has 1 atom stereocenters. The molecule has 3 nitrogen and oxygen atoms in total. The number of fused-ring (bicyclic) bond motifs is 1. The number of aryl methyl sites for hydroxylation is 2. The average molecular weight is 287 g/mol. The van der Waals surface area contributed by atoms with Crippen molar-refractivity contribution in [1.82, 2.24) is 14.9 Å². The van der Waals surface area contributed by atoms with Crippen LogP contribution in [0.1, 0.15) is 45.9 Å². The Morgan fingerprint density at radius 2 is 2.00 bits per heavy atom. The van der Waals surface area contributed by atoms with Gasteiger partial charge in [0.1, 0.15) is 5.82 Å². The number of nitrogens with zero attached hydrogens (tertiary/aromatic N) is 2. The topological polar surface area (TPSA) is 29.9 Å². The van der Waals surface area contributed by atoms with Gasteiger partial charge in [-0.1, -0.05) is 32.9 Å². The van der Waals surface area contributed by atoms with Gasteiger partial charge < -0.3 is 9.88 Å². The molecule has 0 saturated heterocycles. The lowest BCUT2D eigenvalue weighted by Gasteiger charge is -2.22. The van der Waals surface area contributed by atoms with E-state index in [2.05, 4.69) is 62.0 Å². The summed E-state index contributed by atoms with van der Waals surface area (Å²) in [5, 5.41) is 3.67. The zero-order valence-corrected chi connectivity index (χ0v) is 13.9. The molecule has 0 radical (unpaired) electrons. The van der Waals surface area contributed by atoms with Crippen molar-refractivity contribution < 1.29 is 0 Å². The molecule has 0 aliphatic carbocycles. The number of benzene rings is 1. The Morgan fingerprint density at radius 3 is 2.67 bits per heavy atom. The Bertz CT molecular complexity index is 557. The molecule has 1 unspecified atom stereocenters. The van der Waals surface area contributed by atoms with Crippen LogP contribution in [0.3, 0.4) is 0 Å². The lowest BCUT2D eigenvalue weighted by atomic mass is 9.98. The second-order valence-corrected chi connectivity index (χ2v) is 6.27. The number of nitrogens with one attached hydrogen (secondary N) is 1. The summed E-state index contributed by atoms with van der Waals surface area (Å²) in [6.45, 7) is 7.96. The van der Waals surface area contributed by atoms with E-state index in [0.717, 1.165) is 18.5 Å². The fourth-order valence-electron chi connectivity index (χ4n) is 2.90. The SMILES string of the molecule is CCCNC(CCCc1nc2ccccc2n1C)C(C)C. The van der Waals surface area contributed by atoms with Gasteiger partial charge in [0.05, 0.1) is 11.0 Å². The normalized spacial score (nSPS) is 13.2. The molecule has 2 aromatic rings. The van der Waals surface area contributed by atoms with Crippen LogP contribution in [0, 0.1) is 5.92 Å². The van der Waals surface area contributed by atoms with Crippen LogP contribution in [0.25, 0.3) is 11.0 Å². The largest absolute Gasteiger partial charge is 0.331 e. The molecule has 116 valence electrons. The standard InChI is InChI=1S/C18H29N3/c1-5-13-19-15(14(2)3)10-8-12-18-20-16-9-6-7-11-17(16)21(18)4/h6-7,9,11,14-15,19H,5,8,10,12-13H2,1-4H3. The van der Waals surface area contributed by atoms with Crippen LogP contribution < -0.4 is 5.32 Å². The molecular weight excluding hydrogens is 258 g/mol. The molecule has 0 saturated carbocycles. The number of aromatic nitrogens is 2. The third kappa shape index (κ3) is 4.07. The summed E-state index contributed by atoms with van der Waals surface area (Å²) in [7, 11) is 2.12. The monoisotopic (exact) mass is 287 g/mol. The van der Waals surface area contributed by atoms with Gasteiger partial charge in [0.2, 0.25) is 0 Å². The van der Waals surface area contributed by atoms with Crippen molar-refractivity contribution in [1.29, 1.82) is 0 Å². The zero-order valence-electron chi connectivity index (χ0n) is 13.9. The van der Waals surface area contributed by atoms with E-state index in [9.17, 15) is 0 Å². The number of para-hydroxylation sites is 2. The first-order valence-electron chi connectivity index (χ1n) is 8.27. The summed E-state index contributed by atoms with van der Waals surface area (Å²) in [4.78, 5) is 4.76. The summed E-state index contributed by atoms with van der Waals surface area (Å²) in [5.41, 5.74) is 2.34. The van der Waals surface area contributed by atoms with E-state index in [1.165, 1.54) is 30.6 Å². The highest BCUT2D eigenvalue weighted by Crippen LogP contribution is 2.17. The second kappa shape index (κ2) is 7.60. The Labute approximate surface area is 128 Å². The maximum absolute atomic E-state index is 4.76. The lowest BCUT2D eigenvalue weighted by Crippen LogP contribution is -2.34. The summed E-state index contributed by atoms with van der Waals surface area (Å²) < 4.78 is 2.24. The summed E-state index contributed by atoms with van der Waals surface area (Å²) >= 11 is 0. The molecule has 0 amide bonds. The third-order valence-electron chi connectivity index (χ3n) is 4.26. The van der Waals surface area contributed by atoms with E-state index in [1.54, 1.807) is 0 Å². The Hall–Kier alpha value is -1.35. The van der Waals surface area contributed by atoms with Crippen LogP contribution in [0.4, 0.5) is 0 Å². The molecule has 2 rings (SSSR count). The van der Waals surface area contributed by atoms with Crippen molar-refractivity contribution in [3.63, 3.8) is 0 Å². The first-order chi connectivity index (χ1) is 10.1. The summed E-state index contributed by atoms with van der Waals surface area (Å²) in [5.74, 6) is 1.89. The van der Waals surface area contributed by atoms with Gasteiger partial charge in [0.25, 0.3) is 0 Å². The highest BCUT2D eigenvalue weighted by Gasteiger charge is 2.13. The molecule has 0 fully saturated rings. The van der Waals surface area contributed by atoms with Gasteiger partial charge in [0.15, 0.2) is 0 Å². The maximum Gasteiger partial charge on any atom is 0.109 e. The van der Waals surface area contributed by atoms with Crippen LogP contribution in [0.5, 0.6) is 0 Å². The van der Waals surface area contributed by atoms with Gasteiger partial charge in [-0.2, -0.15) is 0 Å². The average Bonchev–Trinajstić information content (AvgIpc) is 2.79. The van der Waals surface area contributed by atoms with Gasteiger partial charge in [-0.15, -0.1) is 0 Å². The van der Waals surface area contributed by atoms with Gasteiger partial charge >= 0.3 is 0 Å². The van der Waals surface area contributed by atoms with Crippen molar-refractivity contribution in [2.24, 2.45) is 13.0 Å². The van der Waals surface area contributed by atoms with Crippen LogP contribution in [-0.2, 0) is 13.5 Å². The molecular formula is C18H29N3. The van der Waals surface area contributed by atoms with E-state index in [4.69, 9.17) is 4.98 Å².